The summed E-state index contributed by atoms with van der Waals surface area (Å²) in [4.78, 5) is 26.0. The zero-order chi connectivity index (χ0) is 16.4. The van der Waals surface area contributed by atoms with Crippen LogP contribution in [0.2, 0.25) is 0 Å². The highest BCUT2D eigenvalue weighted by atomic mass is 32.2. The summed E-state index contributed by atoms with van der Waals surface area (Å²) >= 11 is 1.55. The number of rotatable bonds is 4. The van der Waals surface area contributed by atoms with Crippen LogP contribution in [0.15, 0.2) is 29.1 Å². The van der Waals surface area contributed by atoms with Crippen LogP contribution in [0, 0.1) is 5.92 Å². The second kappa shape index (κ2) is 6.91. The van der Waals surface area contributed by atoms with Crippen molar-refractivity contribution in [3.63, 3.8) is 0 Å². The lowest BCUT2D eigenvalue weighted by Crippen LogP contribution is -2.47. The Labute approximate surface area is 142 Å². The molecule has 0 unspecified atom stereocenters. The zero-order valence-corrected chi connectivity index (χ0v) is 14.8. The van der Waals surface area contributed by atoms with Crippen LogP contribution in [0.5, 0.6) is 0 Å². The van der Waals surface area contributed by atoms with Gasteiger partial charge in [-0.2, -0.15) is 0 Å². The third kappa shape index (κ3) is 3.52. The quantitative estimate of drug-likeness (QED) is 0.482. The molecule has 3 saturated heterocycles. The molecule has 3 aliphatic heterocycles. The van der Waals surface area contributed by atoms with E-state index in [0.717, 1.165) is 43.5 Å². The van der Waals surface area contributed by atoms with Crippen molar-refractivity contribution < 1.29 is 4.79 Å². The van der Waals surface area contributed by atoms with Gasteiger partial charge in [0.05, 0.1) is 5.92 Å². The molecule has 3 aliphatic rings. The van der Waals surface area contributed by atoms with E-state index < -0.39 is 0 Å². The average Bonchev–Trinajstić information content (AvgIpc) is 2.84. The summed E-state index contributed by atoms with van der Waals surface area (Å²) < 4.78 is 0. The third-order valence-corrected chi connectivity index (χ3v) is 5.18. The van der Waals surface area contributed by atoms with Gasteiger partial charge in [0.2, 0.25) is 5.91 Å². The molecule has 0 aliphatic carbocycles. The molecule has 0 aromatic carbocycles. The maximum atomic E-state index is 12.8. The number of fused-ring (bicyclic) bond motifs is 4. The van der Waals surface area contributed by atoms with E-state index in [1.165, 1.54) is 5.57 Å². The van der Waals surface area contributed by atoms with Crippen LogP contribution in [-0.2, 0) is 4.79 Å². The van der Waals surface area contributed by atoms with Crippen molar-refractivity contribution in [3.05, 3.63) is 23.9 Å². The molecule has 4 rings (SSSR count). The maximum absolute atomic E-state index is 12.8. The van der Waals surface area contributed by atoms with Crippen molar-refractivity contribution in [1.29, 1.82) is 0 Å². The molecular formula is C17H24N4OS. The van der Waals surface area contributed by atoms with Gasteiger partial charge in [0.1, 0.15) is 5.82 Å². The topological polar surface area (TPSA) is 49.3 Å². The van der Waals surface area contributed by atoms with Crippen molar-refractivity contribution >= 4 is 23.5 Å². The van der Waals surface area contributed by atoms with Crippen LogP contribution in [0.4, 0.5) is 5.82 Å². The Morgan fingerprint density at radius 3 is 2.96 bits per heavy atom. The van der Waals surface area contributed by atoms with Crippen LogP contribution in [0.3, 0.4) is 0 Å². The Morgan fingerprint density at radius 2 is 2.22 bits per heavy atom. The predicted molar refractivity (Wildman–Crippen MR) is 93.7 cm³/mol. The van der Waals surface area contributed by atoms with Gasteiger partial charge in [-0.05, 0) is 39.0 Å². The van der Waals surface area contributed by atoms with E-state index in [4.69, 9.17) is 0 Å². The highest BCUT2D eigenvalue weighted by Crippen LogP contribution is 2.31. The monoisotopic (exact) mass is 332 g/mol. The van der Waals surface area contributed by atoms with Crippen LogP contribution in [0.1, 0.15) is 26.7 Å². The van der Waals surface area contributed by atoms with Gasteiger partial charge >= 0.3 is 0 Å². The molecule has 0 radical (unpaired) electrons. The molecule has 4 heterocycles. The fourth-order valence-electron chi connectivity index (χ4n) is 3.35. The molecule has 5 nitrogen and oxygen atoms in total. The van der Waals surface area contributed by atoms with Gasteiger partial charge < -0.3 is 9.80 Å². The smallest absolute Gasteiger partial charge is 0.228 e. The third-order valence-electron chi connectivity index (χ3n) is 4.61. The molecule has 0 N–H and O–H groups in total. The molecular weight excluding hydrogens is 308 g/mol. The average molecular weight is 332 g/mol. The normalized spacial score (nSPS) is 23.9. The second-order valence-corrected chi connectivity index (χ2v) is 7.28. The van der Waals surface area contributed by atoms with E-state index in [1.807, 2.05) is 18.5 Å². The number of hydrogen-bond acceptors (Lipinski definition) is 5. The molecule has 124 valence electrons. The van der Waals surface area contributed by atoms with E-state index in [0.29, 0.717) is 5.91 Å². The van der Waals surface area contributed by atoms with Crippen molar-refractivity contribution in [2.24, 2.45) is 5.92 Å². The zero-order valence-electron chi connectivity index (χ0n) is 14.0. The number of anilines is 1. The minimum Gasteiger partial charge on any atom is -0.354 e. The van der Waals surface area contributed by atoms with E-state index in [-0.39, 0.29) is 12.0 Å². The molecule has 1 aromatic heterocycles. The summed E-state index contributed by atoms with van der Waals surface area (Å²) in [6.45, 7) is 6.53. The number of allylic oxidation sites excluding steroid dienone is 1. The van der Waals surface area contributed by atoms with Crippen molar-refractivity contribution in [2.45, 2.75) is 37.9 Å². The number of hydrogen-bond donors (Lipinski definition) is 0. The van der Waals surface area contributed by atoms with E-state index in [2.05, 4.69) is 39.7 Å². The number of piperidine rings is 1. The molecule has 0 saturated carbocycles. The minimum atomic E-state index is 0.0898. The Bertz CT molecular complexity index is 614. The molecule has 0 spiro atoms. The van der Waals surface area contributed by atoms with Gasteiger partial charge in [0, 0.05) is 31.9 Å². The highest BCUT2D eigenvalue weighted by molar-refractivity contribution is 7.98. The Kier molecular flexibility index (Phi) is 4.90. The van der Waals surface area contributed by atoms with Crippen LogP contribution >= 0.6 is 11.8 Å². The molecule has 3 fully saturated rings. The van der Waals surface area contributed by atoms with Gasteiger partial charge in [0.15, 0.2) is 5.16 Å². The SMILES string of the molecule is CSc1nccc(N2C[C@H]3CC[C@@H](C2)N(CC=C(C)C)C3=O)n1. The molecule has 23 heavy (non-hydrogen) atoms. The number of carbonyl (C=O) groups excluding carboxylic acids is 1. The highest BCUT2D eigenvalue weighted by Gasteiger charge is 2.40. The summed E-state index contributed by atoms with van der Waals surface area (Å²) in [5.41, 5.74) is 1.26. The number of carbonyl (C=O) groups is 1. The Balaban J connectivity index is 1.82. The largest absolute Gasteiger partial charge is 0.354 e. The number of aromatic nitrogens is 2. The fraction of sp³-hybridized carbons (Fsp3) is 0.588. The first-order valence-electron chi connectivity index (χ1n) is 8.14. The molecule has 2 bridgehead atoms. The molecule has 6 heteroatoms. The van der Waals surface area contributed by atoms with Gasteiger partial charge in [-0.25, -0.2) is 9.97 Å². The minimum absolute atomic E-state index is 0.0898. The lowest BCUT2D eigenvalue weighted by molar-refractivity contribution is -0.139. The summed E-state index contributed by atoms with van der Waals surface area (Å²) in [5.74, 6) is 1.34. The van der Waals surface area contributed by atoms with Crippen LogP contribution in [-0.4, -0.2) is 52.7 Å². The summed E-state index contributed by atoms with van der Waals surface area (Å²) in [7, 11) is 0. The second-order valence-electron chi connectivity index (χ2n) is 6.51. The van der Waals surface area contributed by atoms with Gasteiger partial charge in [-0.15, -0.1) is 0 Å². The first-order chi connectivity index (χ1) is 11.1. The van der Waals surface area contributed by atoms with E-state index in [1.54, 1.807) is 11.8 Å². The number of nitrogens with zero attached hydrogens (tertiary/aromatic N) is 4. The predicted octanol–water partition coefficient (Wildman–Crippen LogP) is 2.59. The van der Waals surface area contributed by atoms with Gasteiger partial charge in [-0.1, -0.05) is 23.4 Å². The Hall–Kier alpha value is -1.56. The van der Waals surface area contributed by atoms with Gasteiger partial charge in [0.25, 0.3) is 0 Å². The molecule has 1 aromatic rings. The van der Waals surface area contributed by atoms with Crippen molar-refractivity contribution in [3.8, 4) is 0 Å². The summed E-state index contributed by atoms with van der Waals surface area (Å²) in [6, 6.07) is 2.24. The maximum Gasteiger partial charge on any atom is 0.228 e. The van der Waals surface area contributed by atoms with E-state index >= 15 is 0 Å². The summed E-state index contributed by atoms with van der Waals surface area (Å²) in [5, 5.41) is 0.784. The fourth-order valence-corrected chi connectivity index (χ4v) is 3.71. The van der Waals surface area contributed by atoms with Crippen molar-refractivity contribution in [2.75, 3.05) is 30.8 Å². The number of thioether (sulfide) groups is 1. The first-order valence-corrected chi connectivity index (χ1v) is 9.36. The lowest BCUT2D eigenvalue weighted by Gasteiger charge is -2.35. The Morgan fingerprint density at radius 1 is 1.39 bits per heavy atom. The molecule has 2 atom stereocenters. The van der Waals surface area contributed by atoms with E-state index in [9.17, 15) is 4.79 Å². The number of amides is 1. The molecule has 1 amide bonds. The lowest BCUT2D eigenvalue weighted by atomic mass is 9.94. The standard InChI is InChI=1S/C17H24N4OS/c1-12(2)7-9-21-14-5-4-13(16(21)22)10-20(11-14)15-6-8-18-17(19-15)23-3/h6-8,13-14H,4-5,9-11H2,1-3H3/t13-,14+/m1/s1. The van der Waals surface area contributed by atoms with Crippen molar-refractivity contribution in [1.82, 2.24) is 14.9 Å². The van der Waals surface area contributed by atoms with Gasteiger partial charge in [-0.3, -0.25) is 4.79 Å². The summed E-state index contributed by atoms with van der Waals surface area (Å²) in [6.07, 6.45) is 8.02. The van der Waals surface area contributed by atoms with Crippen LogP contribution < -0.4 is 4.90 Å². The van der Waals surface area contributed by atoms with Crippen LogP contribution in [0.25, 0.3) is 0 Å². The first kappa shape index (κ1) is 16.3.